The van der Waals surface area contributed by atoms with Gasteiger partial charge in [-0.2, -0.15) is 0 Å². The molecule has 0 spiro atoms. The first-order valence-corrected chi connectivity index (χ1v) is 4.97. The maximum absolute atomic E-state index is 5.55. The molecule has 5 heteroatoms. The van der Waals surface area contributed by atoms with Crippen LogP contribution in [0.3, 0.4) is 0 Å². The summed E-state index contributed by atoms with van der Waals surface area (Å²) in [7, 11) is 1.65. The van der Waals surface area contributed by atoms with E-state index in [1.54, 1.807) is 19.4 Å². The van der Waals surface area contributed by atoms with Crippen LogP contribution in [0.25, 0.3) is 0 Å². The first kappa shape index (κ1) is 14.1. The van der Waals surface area contributed by atoms with Crippen molar-refractivity contribution in [2.45, 2.75) is 6.10 Å². The summed E-state index contributed by atoms with van der Waals surface area (Å²) in [5.74, 6) is 0.260. The van der Waals surface area contributed by atoms with Gasteiger partial charge in [0, 0.05) is 13.3 Å². The quantitative estimate of drug-likeness (QED) is 0.816. The number of benzene rings is 1. The first-order valence-electron chi connectivity index (χ1n) is 4.97. The molecule has 1 aromatic heterocycles. The van der Waals surface area contributed by atoms with Gasteiger partial charge >= 0.3 is 29.6 Å². The van der Waals surface area contributed by atoms with Crippen molar-refractivity contribution in [2.75, 3.05) is 12.8 Å². The first-order chi connectivity index (χ1) is 7.81. The number of nitrogen functional groups attached to an aromatic ring is 1. The van der Waals surface area contributed by atoms with E-state index in [4.69, 9.17) is 10.5 Å². The van der Waals surface area contributed by atoms with Crippen molar-refractivity contribution in [1.29, 1.82) is 0 Å². The van der Waals surface area contributed by atoms with Crippen LogP contribution in [0.2, 0.25) is 0 Å². The van der Waals surface area contributed by atoms with Gasteiger partial charge in [-0.05, 0) is 11.6 Å². The van der Waals surface area contributed by atoms with Gasteiger partial charge in [-0.15, -0.1) is 0 Å². The second-order valence-electron chi connectivity index (χ2n) is 3.37. The molecule has 4 nitrogen and oxygen atoms in total. The third-order valence-electron chi connectivity index (χ3n) is 2.30. The van der Waals surface area contributed by atoms with E-state index >= 15 is 0 Å². The Hall–Kier alpha value is -0.940. The molecule has 0 bridgehead atoms. The van der Waals surface area contributed by atoms with Crippen molar-refractivity contribution >= 4 is 35.5 Å². The normalized spacial score (nSPS) is 11.6. The van der Waals surface area contributed by atoms with Gasteiger partial charge in [-0.3, -0.25) is 0 Å². The Morgan fingerprint density at radius 3 is 2.47 bits per heavy atom. The zero-order valence-corrected chi connectivity index (χ0v) is 9.00. The van der Waals surface area contributed by atoms with Crippen LogP contribution in [0.1, 0.15) is 17.4 Å². The number of ether oxygens (including phenoxy) is 1. The Balaban J connectivity index is 0.00000144. The Kier molecular flexibility index (Phi) is 5.58. The van der Waals surface area contributed by atoms with Gasteiger partial charge in [0.15, 0.2) is 0 Å². The second kappa shape index (κ2) is 6.71. The van der Waals surface area contributed by atoms with Gasteiger partial charge in [-0.1, -0.05) is 30.3 Å². The summed E-state index contributed by atoms with van der Waals surface area (Å²) in [4.78, 5) is 8.02. The van der Waals surface area contributed by atoms with E-state index in [-0.39, 0.29) is 41.6 Å². The molecule has 2 aromatic rings. The standard InChI is InChI=1S/C12H13N3O.Na.H/c1-16-11(9-5-3-2-4-6-9)10-7-8-14-12(13)15-10;;/h2-8,11H,1H3,(H2,13,14,15);;. The molecule has 0 radical (unpaired) electrons. The fourth-order valence-electron chi connectivity index (χ4n) is 1.59. The Morgan fingerprint density at radius 1 is 1.18 bits per heavy atom. The molecule has 1 unspecified atom stereocenters. The van der Waals surface area contributed by atoms with Crippen molar-refractivity contribution in [2.24, 2.45) is 0 Å². The van der Waals surface area contributed by atoms with Crippen molar-refractivity contribution in [3.63, 3.8) is 0 Å². The summed E-state index contributed by atoms with van der Waals surface area (Å²) >= 11 is 0. The topological polar surface area (TPSA) is 61.0 Å². The van der Waals surface area contributed by atoms with Crippen molar-refractivity contribution in [3.05, 3.63) is 53.9 Å². The number of hydrogen-bond donors (Lipinski definition) is 1. The predicted molar refractivity (Wildman–Crippen MR) is 68.9 cm³/mol. The second-order valence-corrected chi connectivity index (χ2v) is 3.37. The molecule has 1 aromatic carbocycles. The molecule has 2 N–H and O–H groups in total. The summed E-state index contributed by atoms with van der Waals surface area (Å²) < 4.78 is 5.43. The number of anilines is 1. The van der Waals surface area contributed by atoms with E-state index in [9.17, 15) is 0 Å². The van der Waals surface area contributed by atoms with E-state index in [0.29, 0.717) is 0 Å². The molecule has 84 valence electrons. The predicted octanol–water partition coefficient (Wildman–Crippen LogP) is 1.15. The summed E-state index contributed by atoms with van der Waals surface area (Å²) in [5, 5.41) is 0. The third kappa shape index (κ3) is 3.51. The van der Waals surface area contributed by atoms with Crippen LogP contribution in [0.15, 0.2) is 42.6 Å². The molecule has 0 amide bonds. The van der Waals surface area contributed by atoms with Gasteiger partial charge in [-0.25, -0.2) is 9.97 Å². The summed E-state index contributed by atoms with van der Waals surface area (Å²) in [6.07, 6.45) is 1.43. The monoisotopic (exact) mass is 239 g/mol. The van der Waals surface area contributed by atoms with Crippen molar-refractivity contribution < 1.29 is 4.74 Å². The van der Waals surface area contributed by atoms with Gasteiger partial charge in [0.1, 0.15) is 6.10 Å². The summed E-state index contributed by atoms with van der Waals surface area (Å²) in [6.45, 7) is 0. The zero-order chi connectivity index (χ0) is 11.4. The van der Waals surface area contributed by atoms with Crippen LogP contribution in [-0.2, 0) is 4.74 Å². The number of methoxy groups -OCH3 is 1. The fourth-order valence-corrected chi connectivity index (χ4v) is 1.59. The van der Waals surface area contributed by atoms with Gasteiger partial charge < -0.3 is 10.5 Å². The molecule has 0 aliphatic rings. The molecule has 0 aliphatic carbocycles. The number of rotatable bonds is 3. The van der Waals surface area contributed by atoms with E-state index in [0.717, 1.165) is 11.3 Å². The van der Waals surface area contributed by atoms with Crippen molar-refractivity contribution in [3.8, 4) is 0 Å². The fraction of sp³-hybridized carbons (Fsp3) is 0.167. The van der Waals surface area contributed by atoms with Crippen LogP contribution in [0.5, 0.6) is 0 Å². The number of aromatic nitrogens is 2. The molecule has 0 saturated heterocycles. The van der Waals surface area contributed by atoms with Crippen LogP contribution in [-0.4, -0.2) is 46.6 Å². The molecule has 1 heterocycles. The Bertz CT molecular complexity index is 464. The molecule has 0 saturated carbocycles. The van der Waals surface area contributed by atoms with Crippen LogP contribution in [0.4, 0.5) is 5.95 Å². The molecule has 1 atom stereocenters. The van der Waals surface area contributed by atoms with E-state index in [1.807, 2.05) is 30.3 Å². The van der Waals surface area contributed by atoms with Gasteiger partial charge in [0.05, 0.1) is 5.69 Å². The van der Waals surface area contributed by atoms with Gasteiger partial charge in [0.25, 0.3) is 0 Å². The van der Waals surface area contributed by atoms with E-state index in [1.165, 1.54) is 0 Å². The van der Waals surface area contributed by atoms with Gasteiger partial charge in [0.2, 0.25) is 5.95 Å². The number of nitrogens with two attached hydrogens (primary N) is 1. The zero-order valence-electron chi connectivity index (χ0n) is 9.00. The average Bonchev–Trinajstić information content (AvgIpc) is 2.31. The van der Waals surface area contributed by atoms with E-state index in [2.05, 4.69) is 9.97 Å². The molecular weight excluding hydrogens is 225 g/mol. The minimum absolute atomic E-state index is 0. The average molecular weight is 239 g/mol. The molecule has 0 aliphatic heterocycles. The molecular formula is C12H14N3NaO. The number of nitrogens with zero attached hydrogens (tertiary/aromatic N) is 2. The third-order valence-corrected chi connectivity index (χ3v) is 2.30. The molecule has 2 rings (SSSR count). The molecule has 0 fully saturated rings. The maximum atomic E-state index is 5.55. The van der Waals surface area contributed by atoms with E-state index < -0.39 is 0 Å². The SMILES string of the molecule is COC(c1ccccc1)c1ccnc(N)n1.[NaH]. The number of hydrogen-bond acceptors (Lipinski definition) is 4. The Labute approximate surface area is 123 Å². The molecule has 17 heavy (non-hydrogen) atoms. The summed E-state index contributed by atoms with van der Waals surface area (Å²) in [6, 6.07) is 11.7. The van der Waals surface area contributed by atoms with Crippen LogP contribution in [0, 0.1) is 0 Å². The van der Waals surface area contributed by atoms with Crippen molar-refractivity contribution in [1.82, 2.24) is 9.97 Å². The summed E-state index contributed by atoms with van der Waals surface area (Å²) in [5.41, 5.74) is 7.36. The van der Waals surface area contributed by atoms with Crippen LogP contribution >= 0.6 is 0 Å². The van der Waals surface area contributed by atoms with Crippen LogP contribution < -0.4 is 5.73 Å². The Morgan fingerprint density at radius 2 is 1.88 bits per heavy atom. The minimum atomic E-state index is -0.202.